The lowest BCUT2D eigenvalue weighted by Crippen LogP contribution is -2.48. The van der Waals surface area contributed by atoms with Crippen LogP contribution in [-0.4, -0.2) is 57.9 Å². The number of anilines is 2. The van der Waals surface area contributed by atoms with Crippen molar-refractivity contribution in [1.29, 1.82) is 0 Å². The molecule has 10 heteroatoms. The lowest BCUT2D eigenvalue weighted by Gasteiger charge is -2.42. The molecule has 0 saturated carbocycles. The molecule has 1 aliphatic heterocycles. The molecule has 1 unspecified atom stereocenters. The number of carbonyl (C=O) groups excluding carboxylic acids is 1. The molecule has 2 N–H and O–H groups in total. The highest BCUT2D eigenvalue weighted by atomic mass is 35.5. The van der Waals surface area contributed by atoms with Crippen molar-refractivity contribution in [3.63, 3.8) is 0 Å². The van der Waals surface area contributed by atoms with E-state index in [-0.39, 0.29) is 35.8 Å². The SMILES string of the molecule is CC(C)(C)C(CCN(C(=O)O)c1nnc(-c2ccc(NC(=O)c3cccc(Cl)c3)cc2)o1)N1CCCCC1. The van der Waals surface area contributed by atoms with E-state index in [0.717, 1.165) is 18.0 Å². The van der Waals surface area contributed by atoms with E-state index in [1.807, 2.05) is 0 Å². The molecule has 0 aliphatic carbocycles. The van der Waals surface area contributed by atoms with Crippen LogP contribution in [0.4, 0.5) is 16.5 Å². The van der Waals surface area contributed by atoms with Crippen molar-refractivity contribution in [2.24, 2.45) is 5.41 Å². The van der Waals surface area contributed by atoms with Crippen LogP contribution < -0.4 is 10.2 Å². The molecule has 9 nitrogen and oxygen atoms in total. The first kappa shape index (κ1) is 27.6. The lowest BCUT2D eigenvalue weighted by molar-refractivity contribution is 0.0746. The van der Waals surface area contributed by atoms with Gasteiger partial charge in [-0.2, -0.15) is 0 Å². The topological polar surface area (TPSA) is 112 Å². The molecular weight excluding hydrogens is 506 g/mol. The fourth-order valence-electron chi connectivity index (χ4n) is 4.89. The summed E-state index contributed by atoms with van der Waals surface area (Å²) in [5, 5.41) is 21.3. The Kier molecular flexibility index (Phi) is 8.69. The smallest absolute Gasteiger partial charge is 0.415 e. The number of carbonyl (C=O) groups is 2. The predicted molar refractivity (Wildman–Crippen MR) is 148 cm³/mol. The molecule has 2 aromatic carbocycles. The molecule has 1 atom stereocenters. The van der Waals surface area contributed by atoms with Crippen LogP contribution in [0, 0.1) is 5.41 Å². The number of hydrogen-bond donors (Lipinski definition) is 2. The molecular formula is C28H34ClN5O4. The Morgan fingerprint density at radius 2 is 1.82 bits per heavy atom. The van der Waals surface area contributed by atoms with Crippen molar-refractivity contribution in [2.45, 2.75) is 52.5 Å². The highest BCUT2D eigenvalue weighted by molar-refractivity contribution is 6.31. The fourth-order valence-corrected chi connectivity index (χ4v) is 5.08. The van der Waals surface area contributed by atoms with Crippen molar-refractivity contribution < 1.29 is 19.1 Å². The summed E-state index contributed by atoms with van der Waals surface area (Å²) >= 11 is 5.97. The zero-order valence-corrected chi connectivity index (χ0v) is 22.7. The van der Waals surface area contributed by atoms with E-state index >= 15 is 0 Å². The lowest BCUT2D eigenvalue weighted by atomic mass is 9.82. The van der Waals surface area contributed by atoms with Crippen molar-refractivity contribution in [2.75, 3.05) is 29.9 Å². The minimum absolute atomic E-state index is 0.00541. The van der Waals surface area contributed by atoms with Crippen LogP contribution in [0.3, 0.4) is 0 Å². The van der Waals surface area contributed by atoms with Crippen LogP contribution in [0.15, 0.2) is 52.9 Å². The van der Waals surface area contributed by atoms with Gasteiger partial charge in [-0.3, -0.25) is 9.69 Å². The number of benzene rings is 2. The van der Waals surface area contributed by atoms with Crippen LogP contribution in [0.1, 0.15) is 56.8 Å². The molecule has 0 radical (unpaired) electrons. The molecule has 38 heavy (non-hydrogen) atoms. The van der Waals surface area contributed by atoms with Gasteiger partial charge in [-0.25, -0.2) is 9.69 Å². The zero-order chi connectivity index (χ0) is 27.3. The van der Waals surface area contributed by atoms with Crippen LogP contribution in [0.2, 0.25) is 5.02 Å². The van der Waals surface area contributed by atoms with Gasteiger partial charge in [0.1, 0.15) is 0 Å². The standard InChI is InChI=1S/C28H34ClN5O4/c1-28(2,3)23(33-15-5-4-6-16-33)14-17-34(27(36)37)26-32-31-25(38-26)19-10-12-22(13-11-19)30-24(35)20-8-7-9-21(29)18-20/h7-13,18,23H,4-6,14-17H2,1-3H3,(H,30,35)(H,36,37). The van der Waals surface area contributed by atoms with Gasteiger partial charge in [0, 0.05) is 34.4 Å². The minimum atomic E-state index is -1.13. The molecule has 4 rings (SSSR count). The molecule has 2 amide bonds. The van der Waals surface area contributed by atoms with Crippen molar-refractivity contribution in [3.05, 3.63) is 59.1 Å². The van der Waals surface area contributed by atoms with Gasteiger partial charge >= 0.3 is 12.1 Å². The van der Waals surface area contributed by atoms with Gasteiger partial charge in [-0.05, 0) is 80.2 Å². The molecule has 1 aliphatic rings. The van der Waals surface area contributed by atoms with Crippen LogP contribution in [0.25, 0.3) is 11.5 Å². The number of piperidine rings is 1. The first-order chi connectivity index (χ1) is 18.1. The van der Waals surface area contributed by atoms with E-state index in [2.05, 4.69) is 41.2 Å². The quantitative estimate of drug-likeness (QED) is 0.340. The molecule has 0 bridgehead atoms. The van der Waals surface area contributed by atoms with Crippen molar-refractivity contribution in [1.82, 2.24) is 15.1 Å². The number of rotatable bonds is 8. The Bertz CT molecular complexity index is 1250. The monoisotopic (exact) mass is 539 g/mol. The molecule has 1 aromatic heterocycles. The van der Waals surface area contributed by atoms with Gasteiger partial charge < -0.3 is 14.8 Å². The van der Waals surface area contributed by atoms with Crippen LogP contribution in [-0.2, 0) is 0 Å². The molecule has 1 fully saturated rings. The third kappa shape index (κ3) is 6.90. The zero-order valence-electron chi connectivity index (χ0n) is 22.0. The Balaban J connectivity index is 1.43. The average molecular weight is 540 g/mol. The summed E-state index contributed by atoms with van der Waals surface area (Å²) in [6, 6.07) is 13.7. The number of likely N-dealkylation sites (tertiary alicyclic amines) is 1. The van der Waals surface area contributed by atoms with E-state index in [9.17, 15) is 14.7 Å². The third-order valence-electron chi connectivity index (χ3n) is 6.81. The summed E-state index contributed by atoms with van der Waals surface area (Å²) in [5.41, 5.74) is 1.64. The first-order valence-electron chi connectivity index (χ1n) is 12.9. The molecule has 0 spiro atoms. The second kappa shape index (κ2) is 12.0. The van der Waals surface area contributed by atoms with Gasteiger partial charge in [-0.15, -0.1) is 5.10 Å². The van der Waals surface area contributed by atoms with Gasteiger partial charge in [0.2, 0.25) is 5.89 Å². The summed E-state index contributed by atoms with van der Waals surface area (Å²) in [6.45, 7) is 8.92. The van der Waals surface area contributed by atoms with E-state index in [0.29, 0.717) is 28.3 Å². The predicted octanol–water partition coefficient (Wildman–Crippen LogP) is 6.42. The van der Waals surface area contributed by atoms with Crippen molar-refractivity contribution in [3.8, 4) is 11.5 Å². The summed E-state index contributed by atoms with van der Waals surface area (Å²) in [6.07, 6.45) is 3.12. The van der Waals surface area contributed by atoms with E-state index < -0.39 is 6.09 Å². The second-order valence-corrected chi connectivity index (χ2v) is 11.1. The normalized spacial score (nSPS) is 15.2. The van der Waals surface area contributed by atoms with E-state index in [1.165, 1.54) is 19.3 Å². The maximum Gasteiger partial charge on any atom is 0.415 e. The molecule has 1 saturated heterocycles. The summed E-state index contributed by atoms with van der Waals surface area (Å²) in [4.78, 5) is 28.2. The van der Waals surface area contributed by atoms with Gasteiger partial charge in [-0.1, -0.05) is 50.0 Å². The van der Waals surface area contributed by atoms with Crippen LogP contribution in [0.5, 0.6) is 0 Å². The average Bonchev–Trinajstić information content (AvgIpc) is 3.36. The number of halogens is 1. The molecule has 3 aromatic rings. The fraction of sp³-hybridized carbons (Fsp3) is 0.429. The number of carboxylic acid groups (broad SMARTS) is 1. The Morgan fingerprint density at radius 1 is 1.11 bits per heavy atom. The number of amides is 2. The molecule has 202 valence electrons. The Morgan fingerprint density at radius 3 is 2.45 bits per heavy atom. The number of aromatic nitrogens is 2. The van der Waals surface area contributed by atoms with Gasteiger partial charge in [0.05, 0.1) is 0 Å². The summed E-state index contributed by atoms with van der Waals surface area (Å²) < 4.78 is 5.77. The maximum atomic E-state index is 12.5. The van der Waals surface area contributed by atoms with Gasteiger partial charge in [0.15, 0.2) is 0 Å². The first-order valence-corrected chi connectivity index (χ1v) is 13.2. The second-order valence-electron chi connectivity index (χ2n) is 10.6. The third-order valence-corrected chi connectivity index (χ3v) is 7.05. The number of hydrogen-bond acceptors (Lipinski definition) is 6. The van der Waals surface area contributed by atoms with Crippen LogP contribution >= 0.6 is 11.6 Å². The number of nitrogens with zero attached hydrogens (tertiary/aromatic N) is 4. The van der Waals surface area contributed by atoms with E-state index in [4.69, 9.17) is 16.0 Å². The maximum absolute atomic E-state index is 12.5. The summed E-state index contributed by atoms with van der Waals surface area (Å²) in [7, 11) is 0. The number of nitrogens with one attached hydrogen (secondary N) is 1. The van der Waals surface area contributed by atoms with Gasteiger partial charge in [0.25, 0.3) is 5.91 Å². The Labute approximate surface area is 227 Å². The highest BCUT2D eigenvalue weighted by Crippen LogP contribution is 2.31. The highest BCUT2D eigenvalue weighted by Gasteiger charge is 2.33. The Hall–Kier alpha value is -3.43. The summed E-state index contributed by atoms with van der Waals surface area (Å²) in [5.74, 6) is -0.0853. The van der Waals surface area contributed by atoms with E-state index in [1.54, 1.807) is 48.5 Å². The van der Waals surface area contributed by atoms with Crippen molar-refractivity contribution >= 4 is 35.3 Å². The molecule has 2 heterocycles. The minimum Gasteiger partial charge on any atom is -0.465 e. The largest absolute Gasteiger partial charge is 0.465 e.